The molecule has 1 aromatic heterocycles. The Morgan fingerprint density at radius 1 is 0.676 bits per heavy atom. The Labute approximate surface area is 199 Å². The van der Waals surface area contributed by atoms with Crippen molar-refractivity contribution >= 4 is 67.2 Å². The molecule has 34 heavy (non-hydrogen) atoms. The van der Waals surface area contributed by atoms with Gasteiger partial charge >= 0.3 is 7.48 Å². The fraction of sp³-hybridized carbons (Fsp3) is 0.200. The summed E-state index contributed by atoms with van der Waals surface area (Å²) in [6.07, 6.45) is 0. The van der Waals surface area contributed by atoms with E-state index in [9.17, 15) is 5.11 Å². The summed E-state index contributed by atoms with van der Waals surface area (Å²) in [7, 11) is 1.78. The van der Waals surface area contributed by atoms with E-state index in [1.807, 2.05) is 26.0 Å². The minimum Gasteiger partial charge on any atom is -0.455 e. The van der Waals surface area contributed by atoms with Crippen LogP contribution < -0.4 is 5.46 Å². The van der Waals surface area contributed by atoms with Crippen LogP contribution in [0.3, 0.4) is 0 Å². The molecule has 0 saturated heterocycles. The summed E-state index contributed by atoms with van der Waals surface area (Å²) in [6, 6.07) is 27.5. The van der Waals surface area contributed by atoms with Crippen molar-refractivity contribution in [1.29, 1.82) is 0 Å². The lowest BCUT2D eigenvalue weighted by atomic mass is 9.79. The SMILES string of the molecule is CC(C)(O)C(C)(C)O[B]c1cc2ccc3ccccc3c2c2oc3c4ccccc4ccc3c12. The lowest BCUT2D eigenvalue weighted by Crippen LogP contribution is -2.49. The fourth-order valence-corrected chi connectivity index (χ4v) is 4.64. The normalized spacial score (nSPS) is 13.0. The number of aliphatic hydroxyl groups is 1. The Bertz CT molecular complexity index is 1720. The van der Waals surface area contributed by atoms with Crippen LogP contribution in [0.2, 0.25) is 0 Å². The zero-order valence-electron chi connectivity index (χ0n) is 19.8. The molecule has 0 aliphatic carbocycles. The van der Waals surface area contributed by atoms with Gasteiger partial charge in [-0.1, -0.05) is 72.8 Å². The molecule has 0 fully saturated rings. The summed E-state index contributed by atoms with van der Waals surface area (Å²) < 4.78 is 12.9. The van der Waals surface area contributed by atoms with E-state index in [-0.39, 0.29) is 0 Å². The van der Waals surface area contributed by atoms with Gasteiger partial charge in [-0.2, -0.15) is 0 Å². The first-order chi connectivity index (χ1) is 16.2. The first-order valence-electron chi connectivity index (χ1n) is 11.7. The van der Waals surface area contributed by atoms with Crippen molar-refractivity contribution in [1.82, 2.24) is 0 Å². The average Bonchev–Trinajstić information content (AvgIpc) is 3.22. The van der Waals surface area contributed by atoms with Gasteiger partial charge in [-0.25, -0.2) is 0 Å². The number of benzene rings is 5. The molecule has 0 bridgehead atoms. The summed E-state index contributed by atoms with van der Waals surface area (Å²) in [5.74, 6) is 0. The van der Waals surface area contributed by atoms with Gasteiger partial charge in [-0.3, -0.25) is 0 Å². The maximum absolute atomic E-state index is 10.6. The lowest BCUT2D eigenvalue weighted by Gasteiger charge is -2.37. The van der Waals surface area contributed by atoms with Gasteiger partial charge < -0.3 is 14.2 Å². The molecule has 6 rings (SSSR count). The Morgan fingerprint density at radius 2 is 1.29 bits per heavy atom. The third kappa shape index (κ3) is 3.13. The number of rotatable bonds is 4. The van der Waals surface area contributed by atoms with E-state index in [0.29, 0.717) is 0 Å². The summed E-state index contributed by atoms with van der Waals surface area (Å²) in [4.78, 5) is 0. The number of fused-ring (bicyclic) bond motifs is 9. The topological polar surface area (TPSA) is 42.6 Å². The maximum atomic E-state index is 10.6. The third-order valence-corrected chi connectivity index (χ3v) is 7.32. The zero-order valence-corrected chi connectivity index (χ0v) is 19.8. The summed E-state index contributed by atoms with van der Waals surface area (Å²) in [5, 5.41) is 19.5. The van der Waals surface area contributed by atoms with Gasteiger partial charge in [-0.05, 0) is 60.8 Å². The molecule has 0 atom stereocenters. The molecule has 6 aromatic rings. The number of hydrogen-bond donors (Lipinski definition) is 1. The van der Waals surface area contributed by atoms with Crippen LogP contribution in [0.15, 0.2) is 83.3 Å². The number of furan rings is 1. The van der Waals surface area contributed by atoms with E-state index < -0.39 is 11.2 Å². The highest BCUT2D eigenvalue weighted by molar-refractivity contribution is 6.54. The van der Waals surface area contributed by atoms with Crippen molar-refractivity contribution in [3.63, 3.8) is 0 Å². The largest absolute Gasteiger partial charge is 0.455 e. The van der Waals surface area contributed by atoms with Crippen LogP contribution >= 0.6 is 0 Å². The van der Waals surface area contributed by atoms with Crippen LogP contribution in [0.1, 0.15) is 27.7 Å². The van der Waals surface area contributed by atoms with Crippen molar-refractivity contribution in [2.75, 3.05) is 0 Å². The van der Waals surface area contributed by atoms with Gasteiger partial charge in [0.05, 0.1) is 11.2 Å². The van der Waals surface area contributed by atoms with E-state index in [1.54, 1.807) is 21.3 Å². The third-order valence-electron chi connectivity index (χ3n) is 7.32. The van der Waals surface area contributed by atoms with Crippen LogP contribution in [-0.2, 0) is 4.65 Å². The highest BCUT2D eigenvalue weighted by atomic mass is 16.5. The average molecular weight is 445 g/mol. The second kappa shape index (κ2) is 7.33. The van der Waals surface area contributed by atoms with Gasteiger partial charge in [-0.15, -0.1) is 0 Å². The standard InChI is InChI=1S/C30H26BO3/c1-29(2,32)30(3,4)34-31-24-17-20-14-13-18-9-5-7-11-21(18)25(20)28-26(24)23-16-15-19-10-6-8-12-22(19)27(23)33-28/h5-17,32H,1-4H3. The minimum absolute atomic E-state index is 0.774. The van der Waals surface area contributed by atoms with Crippen LogP contribution in [0.4, 0.5) is 0 Å². The first kappa shape index (κ1) is 21.2. The predicted octanol–water partition coefficient (Wildman–Crippen LogP) is 6.86. The van der Waals surface area contributed by atoms with Crippen molar-refractivity contribution in [3.8, 4) is 0 Å². The molecule has 0 unspecified atom stereocenters. The van der Waals surface area contributed by atoms with Crippen LogP contribution in [0.5, 0.6) is 0 Å². The van der Waals surface area contributed by atoms with Gasteiger partial charge in [0.1, 0.15) is 11.2 Å². The molecule has 0 spiro atoms. The summed E-state index contributed by atoms with van der Waals surface area (Å²) in [5.41, 5.74) is 0.888. The van der Waals surface area contributed by atoms with Gasteiger partial charge in [0.25, 0.3) is 0 Å². The first-order valence-corrected chi connectivity index (χ1v) is 11.7. The molecule has 0 saturated carbocycles. The quantitative estimate of drug-likeness (QED) is 0.238. The van der Waals surface area contributed by atoms with E-state index in [4.69, 9.17) is 9.07 Å². The van der Waals surface area contributed by atoms with Crippen LogP contribution in [-0.4, -0.2) is 23.8 Å². The molecule has 1 radical (unpaired) electrons. The summed E-state index contributed by atoms with van der Waals surface area (Å²) in [6.45, 7) is 7.33. The Kier molecular flexibility index (Phi) is 4.57. The molecule has 1 N–H and O–H groups in total. The number of hydrogen-bond acceptors (Lipinski definition) is 3. The molecule has 0 aliphatic rings. The van der Waals surface area contributed by atoms with E-state index in [1.165, 1.54) is 5.39 Å². The maximum Gasteiger partial charge on any atom is 0.331 e. The van der Waals surface area contributed by atoms with E-state index in [0.717, 1.165) is 54.3 Å². The van der Waals surface area contributed by atoms with Gasteiger partial charge in [0.15, 0.2) is 0 Å². The van der Waals surface area contributed by atoms with Gasteiger partial charge in [0.2, 0.25) is 0 Å². The van der Waals surface area contributed by atoms with Crippen LogP contribution in [0, 0.1) is 0 Å². The molecule has 167 valence electrons. The molecule has 1 heterocycles. The second-order valence-corrected chi connectivity index (χ2v) is 10.1. The highest BCUT2D eigenvalue weighted by Crippen LogP contribution is 2.39. The van der Waals surface area contributed by atoms with E-state index >= 15 is 0 Å². The van der Waals surface area contributed by atoms with Crippen LogP contribution in [0.25, 0.3) is 54.3 Å². The van der Waals surface area contributed by atoms with Gasteiger partial charge in [0, 0.05) is 21.5 Å². The van der Waals surface area contributed by atoms with Crippen molar-refractivity contribution in [2.24, 2.45) is 0 Å². The van der Waals surface area contributed by atoms with E-state index in [2.05, 4.69) is 66.7 Å². The Balaban J connectivity index is 1.71. The Hall–Kier alpha value is -3.34. The zero-order chi connectivity index (χ0) is 23.7. The molecule has 0 aliphatic heterocycles. The molecular formula is C30H26BO3. The highest BCUT2D eigenvalue weighted by Gasteiger charge is 2.36. The molecule has 4 heteroatoms. The summed E-state index contributed by atoms with van der Waals surface area (Å²) >= 11 is 0. The lowest BCUT2D eigenvalue weighted by molar-refractivity contribution is -0.0893. The van der Waals surface area contributed by atoms with Crippen molar-refractivity contribution < 1.29 is 14.2 Å². The smallest absolute Gasteiger partial charge is 0.331 e. The fourth-order valence-electron chi connectivity index (χ4n) is 4.64. The second-order valence-electron chi connectivity index (χ2n) is 10.1. The predicted molar refractivity (Wildman–Crippen MR) is 143 cm³/mol. The molecule has 3 nitrogen and oxygen atoms in total. The molecule has 0 amide bonds. The molecular weight excluding hydrogens is 419 g/mol. The molecule has 5 aromatic carbocycles. The van der Waals surface area contributed by atoms with Crippen molar-refractivity contribution in [3.05, 3.63) is 78.9 Å². The Morgan fingerprint density at radius 3 is 2.03 bits per heavy atom. The monoisotopic (exact) mass is 445 g/mol. The minimum atomic E-state index is -1.01. The van der Waals surface area contributed by atoms with Crippen molar-refractivity contribution in [2.45, 2.75) is 38.9 Å².